The first-order valence-electron chi connectivity index (χ1n) is 4.19. The molecule has 1 N–H and O–H groups in total. The molecule has 5 heteroatoms. The van der Waals surface area contributed by atoms with Crippen molar-refractivity contribution in [3.05, 3.63) is 28.3 Å². The number of phenolic OH excluding ortho intramolecular Hbond substituents is 1. The van der Waals surface area contributed by atoms with E-state index in [1.54, 1.807) is 13.0 Å². The number of carbonyl (C=O) groups excluding carboxylic acids is 1. The number of halogens is 1. The largest absolute Gasteiger partial charge is 0.508 e. The van der Waals surface area contributed by atoms with Crippen LogP contribution in [0, 0.1) is 11.3 Å². The van der Waals surface area contributed by atoms with Crippen LogP contribution in [-0.4, -0.2) is 17.7 Å². The van der Waals surface area contributed by atoms with E-state index in [2.05, 4.69) is 0 Å². The fourth-order valence-electron chi connectivity index (χ4n) is 1.09. The van der Waals surface area contributed by atoms with E-state index in [1.807, 2.05) is 0 Å². The molecule has 0 aliphatic rings. The zero-order valence-electron chi connectivity index (χ0n) is 7.95. The molecule has 0 heterocycles. The monoisotopic (exact) mass is 225 g/mol. The number of hydrogen-bond acceptors (Lipinski definition) is 4. The molecule has 1 aromatic rings. The minimum atomic E-state index is -0.668. The highest BCUT2D eigenvalue weighted by molar-refractivity contribution is 6.34. The molecule has 0 unspecified atom stereocenters. The zero-order chi connectivity index (χ0) is 11.4. The van der Waals surface area contributed by atoms with Crippen molar-refractivity contribution >= 4 is 17.6 Å². The fraction of sp³-hybridized carbons (Fsp3) is 0.200. The summed E-state index contributed by atoms with van der Waals surface area (Å²) < 4.78 is 4.73. The van der Waals surface area contributed by atoms with Crippen LogP contribution in [0.25, 0.3) is 0 Å². The Morgan fingerprint density at radius 1 is 1.67 bits per heavy atom. The highest BCUT2D eigenvalue weighted by Crippen LogP contribution is 2.26. The van der Waals surface area contributed by atoms with Crippen LogP contribution in [-0.2, 0) is 4.74 Å². The second-order valence-electron chi connectivity index (χ2n) is 2.68. The van der Waals surface area contributed by atoms with E-state index in [-0.39, 0.29) is 28.5 Å². The van der Waals surface area contributed by atoms with Gasteiger partial charge in [0.2, 0.25) is 0 Å². The third-order valence-corrected chi connectivity index (χ3v) is 1.97. The second kappa shape index (κ2) is 4.67. The van der Waals surface area contributed by atoms with Crippen molar-refractivity contribution in [1.82, 2.24) is 0 Å². The lowest BCUT2D eigenvalue weighted by molar-refractivity contribution is 0.0526. The molecule has 1 aromatic carbocycles. The van der Waals surface area contributed by atoms with E-state index in [0.29, 0.717) is 0 Å². The molecule has 0 saturated heterocycles. The lowest BCUT2D eigenvalue weighted by Crippen LogP contribution is -2.07. The first-order chi connectivity index (χ1) is 7.10. The minimum absolute atomic E-state index is 0.00144. The average molecular weight is 226 g/mol. The highest BCUT2D eigenvalue weighted by Gasteiger charge is 2.17. The Morgan fingerprint density at radius 2 is 2.33 bits per heavy atom. The molecule has 4 nitrogen and oxygen atoms in total. The number of ether oxygens (including phenoxy) is 1. The normalized spacial score (nSPS) is 9.40. The van der Waals surface area contributed by atoms with Crippen LogP contribution in [0.1, 0.15) is 22.8 Å². The molecule has 0 radical (unpaired) electrons. The molecule has 0 aliphatic carbocycles. The predicted molar refractivity (Wildman–Crippen MR) is 53.8 cm³/mol. The molecule has 1 rings (SSSR count). The fourth-order valence-corrected chi connectivity index (χ4v) is 1.38. The molecule has 0 saturated carbocycles. The number of nitriles is 1. The van der Waals surface area contributed by atoms with Gasteiger partial charge in [-0.15, -0.1) is 0 Å². The number of carbonyl (C=O) groups is 1. The molecular weight excluding hydrogens is 218 g/mol. The summed E-state index contributed by atoms with van der Waals surface area (Å²) in [7, 11) is 0. The van der Waals surface area contributed by atoms with Gasteiger partial charge in [0.25, 0.3) is 0 Å². The molecular formula is C10H8ClNO3. The molecule has 0 spiro atoms. The van der Waals surface area contributed by atoms with Gasteiger partial charge in [-0.2, -0.15) is 5.26 Å². The van der Waals surface area contributed by atoms with E-state index < -0.39 is 5.97 Å². The van der Waals surface area contributed by atoms with Crippen LogP contribution in [0.4, 0.5) is 0 Å². The number of benzene rings is 1. The Morgan fingerprint density at radius 3 is 2.87 bits per heavy atom. The van der Waals surface area contributed by atoms with E-state index in [0.717, 1.165) is 6.07 Å². The van der Waals surface area contributed by atoms with Crippen LogP contribution in [0.2, 0.25) is 5.02 Å². The number of hydrogen-bond donors (Lipinski definition) is 1. The van der Waals surface area contributed by atoms with Crippen molar-refractivity contribution in [3.8, 4) is 11.8 Å². The standard InChI is InChI=1S/C10H8ClNO3/c1-2-15-10(14)9-6(5-12)3-7(13)4-8(9)11/h3-4,13H,2H2,1H3. The molecule has 15 heavy (non-hydrogen) atoms. The van der Waals surface area contributed by atoms with Crippen molar-refractivity contribution in [2.24, 2.45) is 0 Å². The van der Waals surface area contributed by atoms with E-state index in [4.69, 9.17) is 21.6 Å². The zero-order valence-corrected chi connectivity index (χ0v) is 8.71. The van der Waals surface area contributed by atoms with Crippen LogP contribution in [0.5, 0.6) is 5.75 Å². The highest BCUT2D eigenvalue weighted by atomic mass is 35.5. The first kappa shape index (κ1) is 11.3. The Hall–Kier alpha value is -1.73. The van der Waals surface area contributed by atoms with Crippen LogP contribution in [0.15, 0.2) is 12.1 Å². The molecule has 0 amide bonds. The third kappa shape index (κ3) is 2.39. The van der Waals surface area contributed by atoms with Gasteiger partial charge in [0.15, 0.2) is 0 Å². The van der Waals surface area contributed by atoms with Gasteiger partial charge >= 0.3 is 5.97 Å². The molecule has 0 aliphatic heterocycles. The number of rotatable bonds is 2. The summed E-state index contributed by atoms with van der Waals surface area (Å²) in [4.78, 5) is 11.4. The molecule has 0 bridgehead atoms. The summed E-state index contributed by atoms with van der Waals surface area (Å²) in [6.45, 7) is 1.85. The summed E-state index contributed by atoms with van der Waals surface area (Å²) in [5.74, 6) is -0.830. The van der Waals surface area contributed by atoms with Gasteiger partial charge in [0.05, 0.1) is 22.8 Å². The van der Waals surface area contributed by atoms with Crippen LogP contribution < -0.4 is 0 Å². The number of esters is 1. The summed E-state index contributed by atoms with van der Waals surface area (Å²) in [5.41, 5.74) is -0.0164. The van der Waals surface area contributed by atoms with E-state index in [1.165, 1.54) is 6.07 Å². The van der Waals surface area contributed by atoms with Gasteiger partial charge < -0.3 is 9.84 Å². The van der Waals surface area contributed by atoms with Crippen molar-refractivity contribution in [1.29, 1.82) is 5.26 Å². The maximum Gasteiger partial charge on any atom is 0.341 e. The lowest BCUT2D eigenvalue weighted by atomic mass is 10.1. The first-order valence-corrected chi connectivity index (χ1v) is 4.57. The molecule has 78 valence electrons. The average Bonchev–Trinajstić information content (AvgIpc) is 2.16. The minimum Gasteiger partial charge on any atom is -0.508 e. The Balaban J connectivity index is 3.28. The van der Waals surface area contributed by atoms with Gasteiger partial charge in [-0.1, -0.05) is 11.6 Å². The summed E-state index contributed by atoms with van der Waals surface area (Å²) >= 11 is 5.73. The van der Waals surface area contributed by atoms with Gasteiger partial charge in [-0.25, -0.2) is 4.79 Å². The van der Waals surface area contributed by atoms with Crippen molar-refractivity contribution in [3.63, 3.8) is 0 Å². The summed E-state index contributed by atoms with van der Waals surface area (Å²) in [5, 5.41) is 17.9. The quantitative estimate of drug-likeness (QED) is 0.783. The van der Waals surface area contributed by atoms with E-state index in [9.17, 15) is 9.90 Å². The van der Waals surface area contributed by atoms with Gasteiger partial charge in [0, 0.05) is 0 Å². The van der Waals surface area contributed by atoms with Crippen LogP contribution in [0.3, 0.4) is 0 Å². The SMILES string of the molecule is CCOC(=O)c1c(Cl)cc(O)cc1C#N. The van der Waals surface area contributed by atoms with E-state index >= 15 is 0 Å². The van der Waals surface area contributed by atoms with Gasteiger partial charge in [-0.3, -0.25) is 0 Å². The number of nitrogens with zero attached hydrogens (tertiary/aromatic N) is 1. The van der Waals surface area contributed by atoms with Crippen molar-refractivity contribution in [2.75, 3.05) is 6.61 Å². The van der Waals surface area contributed by atoms with Gasteiger partial charge in [0.1, 0.15) is 11.8 Å². The summed E-state index contributed by atoms with van der Waals surface area (Å²) in [6.07, 6.45) is 0. The van der Waals surface area contributed by atoms with Crippen molar-refractivity contribution in [2.45, 2.75) is 6.92 Å². The lowest BCUT2D eigenvalue weighted by Gasteiger charge is -2.06. The number of aromatic hydroxyl groups is 1. The smallest absolute Gasteiger partial charge is 0.341 e. The van der Waals surface area contributed by atoms with Crippen LogP contribution >= 0.6 is 11.6 Å². The van der Waals surface area contributed by atoms with Gasteiger partial charge in [-0.05, 0) is 19.1 Å². The molecule has 0 aromatic heterocycles. The maximum absolute atomic E-state index is 11.4. The Labute approximate surface area is 91.7 Å². The molecule has 0 atom stereocenters. The van der Waals surface area contributed by atoms with Crippen molar-refractivity contribution < 1.29 is 14.6 Å². The predicted octanol–water partition coefficient (Wildman–Crippen LogP) is 2.09. The molecule has 0 fully saturated rings. The number of phenols is 1. The summed E-state index contributed by atoms with van der Waals surface area (Å²) in [6, 6.07) is 4.13. The third-order valence-electron chi connectivity index (χ3n) is 1.68. The Bertz CT molecular complexity index is 437. The topological polar surface area (TPSA) is 70.3 Å². The maximum atomic E-state index is 11.4. The second-order valence-corrected chi connectivity index (χ2v) is 3.09. The Kier molecular flexibility index (Phi) is 3.53.